The molecule has 4 rings (SSSR count). The number of aliphatic carboxylic acids is 1. The first-order chi connectivity index (χ1) is 38.8. The molecule has 0 saturated carbocycles. The number of hydrogen-bond acceptors (Lipinski definition) is 19. The van der Waals surface area contributed by atoms with Crippen LogP contribution in [0.2, 0.25) is 0 Å². The highest BCUT2D eigenvalue weighted by Crippen LogP contribution is 2.27. The van der Waals surface area contributed by atoms with Gasteiger partial charge in [0.05, 0.1) is 30.5 Å². The van der Waals surface area contributed by atoms with Crippen LogP contribution in [0.4, 0.5) is 0 Å². The van der Waals surface area contributed by atoms with Gasteiger partial charge in [0.15, 0.2) is 0 Å². The number of aromatic hydroxyl groups is 1. The van der Waals surface area contributed by atoms with Gasteiger partial charge in [0.2, 0.25) is 41.4 Å². The lowest BCUT2D eigenvalue weighted by Crippen LogP contribution is -2.65. The van der Waals surface area contributed by atoms with Crippen LogP contribution in [0.1, 0.15) is 143 Å². The maximum absolute atomic E-state index is 14.6. The van der Waals surface area contributed by atoms with E-state index in [-0.39, 0.29) is 63.2 Å². The monoisotopic (exact) mass is 1170 g/mol. The van der Waals surface area contributed by atoms with Crippen molar-refractivity contribution >= 4 is 47.3 Å². The minimum atomic E-state index is -2.28. The first-order valence-electron chi connectivity index (χ1n) is 28.8. The molecule has 1 aromatic rings. The Labute approximate surface area is 479 Å². The second kappa shape index (κ2) is 35.5. The molecule has 0 spiro atoms. The molecule has 2 unspecified atom stereocenters. The number of phenolic OH excluding ortho intramolecular Hbond substituents is 1. The lowest BCUT2D eigenvalue weighted by atomic mass is 9.91. The van der Waals surface area contributed by atoms with E-state index in [1.807, 2.05) is 0 Å². The SMILES string of the molecule is CCC(=O)O.CCC(C)CC(C)CCCCCCCCC(=O)N[C@H]1C[C@@H](O)[C@H](NCCN)NC(=O)[C@@H]2[C@@H](O)CCN2C(=O)[C@H]([C@@H](O)CCN)NC(=O)[C@H]([C@H](O)[C@@H](O)c2ccc(O)cc2)NC(=O)[C@@H]2C[C@@H](O)CN2C(=O)[C@H]([C@@H](C)O)NC1=O. The van der Waals surface area contributed by atoms with Crippen LogP contribution in [0.15, 0.2) is 24.3 Å². The number of rotatable bonds is 24. The quantitative estimate of drug-likeness (QED) is 0.0464. The standard InChI is InChI=1S/C52H88N10O15.C3H6O2/c1-5-28(2)24-29(3)12-10-8-6-7-9-11-13-39(69)56-34-26-38(68)46(55-22-21-54)60-50(75)43-37(67)19-23-61(43)52(77)41(36(66)18-20-53)58-49(74)42(45(71)44(70)31-14-16-32(64)17-15-31)59-48(73)35-25-33(65)27-62(35)51(76)40(30(4)63)57-47(34)72;1-2-3(4)5/h14-17,28-30,33-38,40-46,55,63-68,70-71H,5-13,18-27,53-54H2,1-4H3,(H,56,69)(H,57,72)(H,58,74)(H,59,73)(H,60,75);2H2,1H3,(H,4,5)/t28?,29?,30-,33-,34+,35+,36+,37+,38-,40+,41+,42+,43+,44+,45+,46-;/m1./s1. The van der Waals surface area contributed by atoms with Gasteiger partial charge < -0.3 is 93.8 Å². The molecule has 1 aromatic carbocycles. The summed E-state index contributed by atoms with van der Waals surface area (Å²) in [5.41, 5.74) is 11.5. The summed E-state index contributed by atoms with van der Waals surface area (Å²) in [6.07, 6.45) is -6.72. The van der Waals surface area contributed by atoms with Crippen molar-refractivity contribution in [2.75, 3.05) is 32.7 Å². The largest absolute Gasteiger partial charge is 0.508 e. The number of aliphatic hydroxyl groups excluding tert-OH is 7. The first-order valence-corrected chi connectivity index (χ1v) is 28.8. The van der Waals surface area contributed by atoms with Crippen LogP contribution in [0, 0.1) is 11.8 Å². The highest BCUT2D eigenvalue weighted by molar-refractivity contribution is 5.98. The normalized spacial score (nSPS) is 27.3. The number of nitrogens with two attached hydrogens (primary N) is 2. The molecule has 0 radical (unpaired) electrons. The van der Waals surface area contributed by atoms with Gasteiger partial charge in [-0.2, -0.15) is 0 Å². The average Bonchev–Trinajstić information content (AvgIpc) is 4.23. The molecule has 27 nitrogen and oxygen atoms in total. The number of amides is 7. The molecule has 7 amide bonds. The van der Waals surface area contributed by atoms with Crippen molar-refractivity contribution in [3.05, 3.63) is 29.8 Å². The van der Waals surface area contributed by atoms with Crippen molar-refractivity contribution in [2.45, 2.75) is 216 Å². The molecule has 16 atom stereocenters. The van der Waals surface area contributed by atoms with Gasteiger partial charge in [-0.3, -0.25) is 43.7 Å². The van der Waals surface area contributed by atoms with Gasteiger partial charge in [0.1, 0.15) is 60.4 Å². The highest BCUT2D eigenvalue weighted by atomic mass is 16.4. The summed E-state index contributed by atoms with van der Waals surface area (Å²) in [6.45, 7) is 8.33. The number of carbonyl (C=O) groups excluding carboxylic acids is 7. The fourth-order valence-electron chi connectivity index (χ4n) is 10.2. The van der Waals surface area contributed by atoms with Crippen LogP contribution in [0.5, 0.6) is 5.75 Å². The van der Waals surface area contributed by atoms with Crippen LogP contribution in [0.3, 0.4) is 0 Å². The molecular weight excluding hydrogens is 1070 g/mol. The topological polar surface area (TPSA) is 449 Å². The minimum Gasteiger partial charge on any atom is -0.508 e. The van der Waals surface area contributed by atoms with E-state index < -0.39 is 152 Å². The maximum Gasteiger partial charge on any atom is 0.303 e. The summed E-state index contributed by atoms with van der Waals surface area (Å²) in [7, 11) is 0. The van der Waals surface area contributed by atoms with Gasteiger partial charge in [0, 0.05) is 51.9 Å². The Kier molecular flexibility index (Phi) is 30.6. The molecule has 82 heavy (non-hydrogen) atoms. The van der Waals surface area contributed by atoms with Crippen LogP contribution < -0.4 is 43.4 Å². The maximum atomic E-state index is 14.6. The minimum absolute atomic E-state index is 0.0257. The average molecular weight is 1170 g/mol. The third-order valence-corrected chi connectivity index (χ3v) is 15.2. The number of phenols is 1. The second-order valence-corrected chi connectivity index (χ2v) is 22.0. The number of hydrogen-bond donors (Lipinski definition) is 17. The number of carboxylic acids is 1. The van der Waals surface area contributed by atoms with Crippen LogP contribution in [-0.4, -0.2) is 215 Å². The molecule has 19 N–H and O–H groups in total. The number of aliphatic hydroxyl groups is 7. The lowest BCUT2D eigenvalue weighted by molar-refractivity contribution is -0.148. The number of nitrogens with zero attached hydrogens (tertiary/aromatic N) is 2. The Bertz CT molecular complexity index is 2200. The number of benzene rings is 1. The Morgan fingerprint density at radius 2 is 1.30 bits per heavy atom. The molecule has 3 aliphatic heterocycles. The molecular formula is C55H94N10O17. The fraction of sp³-hybridized carbons (Fsp3) is 0.745. The van der Waals surface area contributed by atoms with Crippen molar-refractivity contribution in [3.63, 3.8) is 0 Å². The molecule has 3 fully saturated rings. The van der Waals surface area contributed by atoms with Gasteiger partial charge in [-0.25, -0.2) is 0 Å². The van der Waals surface area contributed by atoms with Crippen molar-refractivity contribution in [3.8, 4) is 5.75 Å². The van der Waals surface area contributed by atoms with Gasteiger partial charge in [-0.05, 0) is 68.7 Å². The number of carboxylic acid groups (broad SMARTS) is 1. The van der Waals surface area contributed by atoms with Crippen molar-refractivity contribution in [2.24, 2.45) is 23.3 Å². The molecule has 0 bridgehead atoms. The van der Waals surface area contributed by atoms with E-state index in [4.69, 9.17) is 16.6 Å². The van der Waals surface area contributed by atoms with Gasteiger partial charge in [0.25, 0.3) is 0 Å². The molecule has 3 saturated heterocycles. The van der Waals surface area contributed by atoms with Crippen molar-refractivity contribution in [1.29, 1.82) is 0 Å². The number of nitrogens with one attached hydrogen (secondary N) is 6. The molecule has 0 aliphatic carbocycles. The smallest absolute Gasteiger partial charge is 0.303 e. The Balaban J connectivity index is 0.00000337. The molecule has 27 heteroatoms. The summed E-state index contributed by atoms with van der Waals surface area (Å²) >= 11 is 0. The Morgan fingerprint density at radius 1 is 0.707 bits per heavy atom. The van der Waals surface area contributed by atoms with Gasteiger partial charge in [-0.1, -0.05) is 84.8 Å². The summed E-state index contributed by atoms with van der Waals surface area (Å²) < 4.78 is 0. The highest BCUT2D eigenvalue weighted by Gasteiger charge is 2.49. The Morgan fingerprint density at radius 3 is 1.90 bits per heavy atom. The molecule has 3 aliphatic rings. The van der Waals surface area contributed by atoms with E-state index in [1.54, 1.807) is 6.92 Å². The van der Waals surface area contributed by atoms with Gasteiger partial charge in [-0.15, -0.1) is 0 Å². The predicted molar refractivity (Wildman–Crippen MR) is 298 cm³/mol. The fourth-order valence-corrected chi connectivity index (χ4v) is 10.2. The predicted octanol–water partition coefficient (Wildman–Crippen LogP) is -2.83. The Hall–Kier alpha value is -5.62. The third kappa shape index (κ3) is 21.9. The zero-order valence-electron chi connectivity index (χ0n) is 48.0. The van der Waals surface area contributed by atoms with Crippen LogP contribution in [-0.2, 0) is 38.4 Å². The van der Waals surface area contributed by atoms with Crippen molar-refractivity contribution < 1.29 is 84.3 Å². The summed E-state index contributed by atoms with van der Waals surface area (Å²) in [5.74, 6) is -7.18. The van der Waals surface area contributed by atoms with E-state index >= 15 is 0 Å². The molecule has 0 aromatic heterocycles. The van der Waals surface area contributed by atoms with E-state index in [0.717, 1.165) is 55.2 Å². The van der Waals surface area contributed by atoms with Crippen molar-refractivity contribution in [1.82, 2.24) is 41.7 Å². The summed E-state index contributed by atoms with van der Waals surface area (Å²) in [6, 6.07) is -6.40. The summed E-state index contributed by atoms with van der Waals surface area (Å²) in [4.78, 5) is 111. The van der Waals surface area contributed by atoms with E-state index in [0.29, 0.717) is 24.7 Å². The second-order valence-electron chi connectivity index (χ2n) is 22.0. The van der Waals surface area contributed by atoms with Gasteiger partial charge >= 0.3 is 5.97 Å². The molecule has 466 valence electrons. The zero-order chi connectivity index (χ0) is 61.4. The van der Waals surface area contributed by atoms with E-state index in [9.17, 15) is 79.2 Å². The summed E-state index contributed by atoms with van der Waals surface area (Å²) in [5, 5.41) is 112. The van der Waals surface area contributed by atoms with E-state index in [2.05, 4.69) is 52.7 Å². The number of fused-ring (bicyclic) bond motifs is 2. The van der Waals surface area contributed by atoms with Crippen LogP contribution in [0.25, 0.3) is 0 Å². The molecule has 3 heterocycles. The lowest BCUT2D eigenvalue weighted by Gasteiger charge is -2.35. The van der Waals surface area contributed by atoms with E-state index in [1.165, 1.54) is 30.7 Å². The zero-order valence-corrected chi connectivity index (χ0v) is 48.0. The third-order valence-electron chi connectivity index (χ3n) is 15.2. The van der Waals surface area contributed by atoms with Crippen LogP contribution >= 0.6 is 0 Å². The number of unbranched alkanes of at least 4 members (excludes halogenated alkanes) is 5. The first kappa shape index (κ1) is 70.6. The number of carbonyl (C=O) groups is 8.